The lowest BCUT2D eigenvalue weighted by Gasteiger charge is -2.18. The summed E-state index contributed by atoms with van der Waals surface area (Å²) >= 11 is 0. The summed E-state index contributed by atoms with van der Waals surface area (Å²) < 4.78 is 0. The second-order valence-corrected chi connectivity index (χ2v) is 4.80. The van der Waals surface area contributed by atoms with E-state index < -0.39 is 0 Å². The Bertz CT molecular complexity index is 322. The van der Waals surface area contributed by atoms with Gasteiger partial charge in [0, 0.05) is 0 Å². The Morgan fingerprint density at radius 2 is 1.76 bits per heavy atom. The van der Waals surface area contributed by atoms with Gasteiger partial charge in [-0.3, -0.25) is 0 Å². The molecular formula is C15H24O2. The van der Waals surface area contributed by atoms with Crippen LogP contribution in [0.4, 0.5) is 0 Å². The molecule has 0 aliphatic rings. The molecule has 2 unspecified atom stereocenters. The van der Waals surface area contributed by atoms with E-state index >= 15 is 0 Å². The van der Waals surface area contributed by atoms with Crippen LogP contribution in [0.2, 0.25) is 0 Å². The average molecular weight is 236 g/mol. The highest BCUT2D eigenvalue weighted by Crippen LogP contribution is 2.17. The van der Waals surface area contributed by atoms with Gasteiger partial charge in [0.05, 0.1) is 12.7 Å². The van der Waals surface area contributed by atoms with Gasteiger partial charge in [0.1, 0.15) is 0 Å². The molecule has 0 saturated heterocycles. The summed E-state index contributed by atoms with van der Waals surface area (Å²) in [5, 5.41) is 19.2. The molecule has 0 aromatic heterocycles. The van der Waals surface area contributed by atoms with E-state index in [4.69, 9.17) is 0 Å². The summed E-state index contributed by atoms with van der Waals surface area (Å²) in [5.74, 6) is 0.362. The number of hydrogen-bond acceptors (Lipinski definition) is 2. The Morgan fingerprint density at radius 1 is 1.12 bits per heavy atom. The van der Waals surface area contributed by atoms with Crippen LogP contribution in [0.5, 0.6) is 0 Å². The Hall–Kier alpha value is -0.860. The minimum Gasteiger partial charge on any atom is -0.393 e. The maximum Gasteiger partial charge on any atom is 0.0684 e. The fraction of sp³-hybridized carbons (Fsp3) is 0.600. The van der Waals surface area contributed by atoms with E-state index in [2.05, 4.69) is 13.8 Å². The molecular weight excluding hydrogens is 212 g/mol. The topological polar surface area (TPSA) is 40.5 Å². The van der Waals surface area contributed by atoms with Gasteiger partial charge >= 0.3 is 0 Å². The van der Waals surface area contributed by atoms with Gasteiger partial charge in [0.15, 0.2) is 0 Å². The molecule has 1 rings (SSSR count). The van der Waals surface area contributed by atoms with Crippen LogP contribution in [0.25, 0.3) is 0 Å². The van der Waals surface area contributed by atoms with E-state index in [1.165, 1.54) is 0 Å². The molecule has 17 heavy (non-hydrogen) atoms. The number of aliphatic hydroxyl groups excluding tert-OH is 2. The van der Waals surface area contributed by atoms with Crippen molar-refractivity contribution in [2.24, 2.45) is 5.92 Å². The standard InChI is InChI=1S/C15H24O2/c1-3-6-12(2)15(17)10-9-13-7-4-5-8-14(13)11-16/h4-5,7-8,12,15-17H,3,6,9-11H2,1-2H3. The molecule has 2 N–H and O–H groups in total. The maximum absolute atomic E-state index is 10.0. The number of aryl methyl sites for hydroxylation is 1. The molecule has 0 fully saturated rings. The van der Waals surface area contributed by atoms with Crippen LogP contribution in [0.1, 0.15) is 44.2 Å². The molecule has 2 nitrogen and oxygen atoms in total. The van der Waals surface area contributed by atoms with Crippen molar-refractivity contribution in [2.45, 2.75) is 52.2 Å². The van der Waals surface area contributed by atoms with Gasteiger partial charge in [0.25, 0.3) is 0 Å². The van der Waals surface area contributed by atoms with Crippen molar-refractivity contribution >= 4 is 0 Å². The Balaban J connectivity index is 2.49. The molecule has 0 radical (unpaired) electrons. The number of hydrogen-bond donors (Lipinski definition) is 2. The summed E-state index contributed by atoms with van der Waals surface area (Å²) in [4.78, 5) is 0. The molecule has 1 aromatic carbocycles. The fourth-order valence-corrected chi connectivity index (χ4v) is 2.19. The third-order valence-electron chi connectivity index (χ3n) is 3.40. The van der Waals surface area contributed by atoms with Crippen LogP contribution in [-0.2, 0) is 13.0 Å². The highest BCUT2D eigenvalue weighted by molar-refractivity contribution is 5.26. The van der Waals surface area contributed by atoms with E-state index in [-0.39, 0.29) is 12.7 Å². The molecule has 1 aromatic rings. The first-order valence-electron chi connectivity index (χ1n) is 6.54. The van der Waals surface area contributed by atoms with Crippen molar-refractivity contribution in [2.75, 3.05) is 0 Å². The minimum absolute atomic E-state index is 0.0801. The summed E-state index contributed by atoms with van der Waals surface area (Å²) in [6, 6.07) is 7.89. The van der Waals surface area contributed by atoms with Crippen LogP contribution in [0, 0.1) is 5.92 Å². The van der Waals surface area contributed by atoms with Gasteiger partial charge in [-0.05, 0) is 36.3 Å². The van der Waals surface area contributed by atoms with Crippen molar-refractivity contribution < 1.29 is 10.2 Å². The van der Waals surface area contributed by atoms with Gasteiger partial charge in [0.2, 0.25) is 0 Å². The smallest absolute Gasteiger partial charge is 0.0684 e. The van der Waals surface area contributed by atoms with Crippen LogP contribution in [0.3, 0.4) is 0 Å². The molecule has 2 atom stereocenters. The number of rotatable bonds is 7. The Labute approximate surface area is 104 Å². The molecule has 0 amide bonds. The van der Waals surface area contributed by atoms with Crippen molar-refractivity contribution in [3.8, 4) is 0 Å². The number of aliphatic hydroxyl groups is 2. The second-order valence-electron chi connectivity index (χ2n) is 4.80. The fourth-order valence-electron chi connectivity index (χ4n) is 2.19. The SMILES string of the molecule is CCCC(C)C(O)CCc1ccccc1CO. The first-order valence-corrected chi connectivity index (χ1v) is 6.54. The third-order valence-corrected chi connectivity index (χ3v) is 3.40. The molecule has 0 spiro atoms. The molecule has 0 saturated carbocycles. The normalized spacial score (nSPS) is 14.6. The van der Waals surface area contributed by atoms with Crippen molar-refractivity contribution in [1.29, 1.82) is 0 Å². The summed E-state index contributed by atoms with van der Waals surface area (Å²) in [6.07, 6.45) is 3.57. The van der Waals surface area contributed by atoms with E-state index in [0.29, 0.717) is 5.92 Å². The predicted molar refractivity (Wildman–Crippen MR) is 70.8 cm³/mol. The third kappa shape index (κ3) is 4.49. The highest BCUT2D eigenvalue weighted by Gasteiger charge is 2.13. The zero-order valence-corrected chi connectivity index (χ0v) is 10.9. The van der Waals surface area contributed by atoms with Gasteiger partial charge < -0.3 is 10.2 Å². The van der Waals surface area contributed by atoms with Crippen LogP contribution >= 0.6 is 0 Å². The summed E-state index contributed by atoms with van der Waals surface area (Å²) in [5.41, 5.74) is 2.13. The van der Waals surface area contributed by atoms with E-state index in [1.54, 1.807) is 0 Å². The lowest BCUT2D eigenvalue weighted by atomic mass is 9.93. The Kier molecular flexibility index (Phi) is 6.23. The lowest BCUT2D eigenvalue weighted by molar-refractivity contribution is 0.103. The monoisotopic (exact) mass is 236 g/mol. The predicted octanol–water partition coefficient (Wildman–Crippen LogP) is 2.91. The van der Waals surface area contributed by atoms with Gasteiger partial charge in [-0.15, -0.1) is 0 Å². The van der Waals surface area contributed by atoms with Gasteiger partial charge in [-0.1, -0.05) is 44.5 Å². The number of benzene rings is 1. The van der Waals surface area contributed by atoms with E-state index in [9.17, 15) is 10.2 Å². The molecule has 0 aliphatic carbocycles. The average Bonchev–Trinajstić information content (AvgIpc) is 2.36. The highest BCUT2D eigenvalue weighted by atomic mass is 16.3. The van der Waals surface area contributed by atoms with Gasteiger partial charge in [-0.25, -0.2) is 0 Å². The van der Waals surface area contributed by atoms with Crippen molar-refractivity contribution in [3.05, 3.63) is 35.4 Å². The molecule has 2 heteroatoms. The van der Waals surface area contributed by atoms with Crippen LogP contribution in [-0.4, -0.2) is 16.3 Å². The van der Waals surface area contributed by atoms with Crippen LogP contribution < -0.4 is 0 Å². The Morgan fingerprint density at radius 3 is 2.35 bits per heavy atom. The first kappa shape index (κ1) is 14.2. The largest absolute Gasteiger partial charge is 0.393 e. The summed E-state index contributed by atoms with van der Waals surface area (Å²) in [7, 11) is 0. The zero-order chi connectivity index (χ0) is 12.7. The molecule has 0 aliphatic heterocycles. The molecule has 0 bridgehead atoms. The zero-order valence-electron chi connectivity index (χ0n) is 10.9. The van der Waals surface area contributed by atoms with Gasteiger partial charge in [-0.2, -0.15) is 0 Å². The lowest BCUT2D eigenvalue weighted by Crippen LogP contribution is -2.18. The van der Waals surface area contributed by atoms with Crippen LogP contribution in [0.15, 0.2) is 24.3 Å². The van der Waals surface area contributed by atoms with E-state index in [0.717, 1.165) is 36.8 Å². The molecule has 96 valence electrons. The maximum atomic E-state index is 10.0. The van der Waals surface area contributed by atoms with Crippen molar-refractivity contribution in [1.82, 2.24) is 0 Å². The van der Waals surface area contributed by atoms with Crippen molar-refractivity contribution in [3.63, 3.8) is 0 Å². The van der Waals surface area contributed by atoms with E-state index in [1.807, 2.05) is 24.3 Å². The molecule has 0 heterocycles. The minimum atomic E-state index is -0.235. The second kappa shape index (κ2) is 7.46. The first-order chi connectivity index (χ1) is 8.19. The quantitative estimate of drug-likeness (QED) is 0.764. The summed E-state index contributed by atoms with van der Waals surface area (Å²) in [6.45, 7) is 4.33.